The van der Waals surface area contributed by atoms with Crippen LogP contribution in [0.3, 0.4) is 0 Å². The number of aromatic nitrogens is 1. The third-order valence-electron chi connectivity index (χ3n) is 2.07. The average Bonchev–Trinajstić information content (AvgIpc) is 2.28. The molecule has 1 heterocycles. The zero-order valence-electron chi connectivity index (χ0n) is 10.5. The van der Waals surface area contributed by atoms with Gasteiger partial charge in [-0.05, 0) is 5.92 Å². The van der Waals surface area contributed by atoms with Gasteiger partial charge in [0.2, 0.25) is 15.5 Å². The minimum atomic E-state index is -3.77. The predicted molar refractivity (Wildman–Crippen MR) is 67.9 cm³/mol. The topological polar surface area (TPSA) is 88.3 Å². The number of nitrogens with one attached hydrogen (secondary N) is 2. The van der Waals surface area contributed by atoms with Crippen molar-refractivity contribution in [2.45, 2.75) is 18.7 Å². The fraction of sp³-hybridized carbons (Fsp3) is 0.545. The van der Waals surface area contributed by atoms with Gasteiger partial charge in [0, 0.05) is 31.6 Å². The van der Waals surface area contributed by atoms with E-state index in [2.05, 4.69) is 9.71 Å². The van der Waals surface area contributed by atoms with E-state index >= 15 is 0 Å². The molecule has 6 nitrogen and oxygen atoms in total. The fourth-order valence-corrected chi connectivity index (χ4v) is 2.32. The smallest absolute Gasteiger partial charge is 0.245 e. The lowest BCUT2D eigenvalue weighted by Crippen LogP contribution is -2.31. The van der Waals surface area contributed by atoms with E-state index in [0.717, 1.165) is 0 Å². The van der Waals surface area contributed by atoms with Crippen LogP contribution >= 0.6 is 0 Å². The van der Waals surface area contributed by atoms with Crippen molar-refractivity contribution in [3.8, 4) is 0 Å². The van der Waals surface area contributed by atoms with E-state index in [0.29, 0.717) is 12.5 Å². The molecule has 0 saturated heterocycles. The second kappa shape index (κ2) is 6.67. The Bertz CT molecular complexity index is 522. The number of rotatable bonds is 7. The van der Waals surface area contributed by atoms with Crippen LogP contribution in [0.15, 0.2) is 28.2 Å². The summed E-state index contributed by atoms with van der Waals surface area (Å²) in [5.74, 6) is 0.401. The van der Waals surface area contributed by atoms with Gasteiger partial charge in [-0.25, -0.2) is 13.1 Å². The highest BCUT2D eigenvalue weighted by Gasteiger charge is 2.16. The molecule has 0 fully saturated rings. The molecule has 0 aliphatic heterocycles. The third-order valence-corrected chi connectivity index (χ3v) is 3.55. The van der Waals surface area contributed by atoms with Crippen molar-refractivity contribution < 1.29 is 13.2 Å². The van der Waals surface area contributed by atoms with Crippen LogP contribution < -0.4 is 10.2 Å². The molecule has 1 aromatic heterocycles. The lowest BCUT2D eigenvalue weighted by atomic mass is 10.2. The van der Waals surface area contributed by atoms with Gasteiger partial charge >= 0.3 is 0 Å². The van der Waals surface area contributed by atoms with Gasteiger partial charge < -0.3 is 9.72 Å². The standard InChI is InChI=1S/C11H18N2O4S/c1-9(2)8-17-6-5-13-18(15,16)11-7-12-4-3-10(11)14/h3-4,7,9,13H,5-6,8H2,1-2H3,(H,12,14). The molecule has 18 heavy (non-hydrogen) atoms. The van der Waals surface area contributed by atoms with E-state index < -0.39 is 15.5 Å². The first-order valence-electron chi connectivity index (χ1n) is 5.68. The molecule has 0 spiro atoms. The number of hydrogen-bond acceptors (Lipinski definition) is 4. The van der Waals surface area contributed by atoms with Gasteiger partial charge in [-0.3, -0.25) is 4.79 Å². The molecule has 2 N–H and O–H groups in total. The average molecular weight is 274 g/mol. The van der Waals surface area contributed by atoms with Crippen LogP contribution in [0.25, 0.3) is 0 Å². The fourth-order valence-electron chi connectivity index (χ4n) is 1.26. The molecule has 0 unspecified atom stereocenters. The molecule has 102 valence electrons. The van der Waals surface area contributed by atoms with Gasteiger partial charge in [-0.15, -0.1) is 0 Å². The minimum Gasteiger partial charge on any atom is -0.380 e. The molecule has 0 radical (unpaired) electrons. The highest BCUT2D eigenvalue weighted by molar-refractivity contribution is 7.89. The minimum absolute atomic E-state index is 0.142. The Balaban J connectivity index is 2.51. The summed E-state index contributed by atoms with van der Waals surface area (Å²) in [6, 6.07) is 1.17. The first-order chi connectivity index (χ1) is 8.43. The van der Waals surface area contributed by atoms with Crippen LogP contribution in [0.5, 0.6) is 0 Å². The molecule has 0 aromatic carbocycles. The molecular formula is C11H18N2O4S. The van der Waals surface area contributed by atoms with E-state index in [1.54, 1.807) is 0 Å². The van der Waals surface area contributed by atoms with Crippen LogP contribution in [-0.4, -0.2) is 33.2 Å². The van der Waals surface area contributed by atoms with Crippen LogP contribution in [0.1, 0.15) is 13.8 Å². The van der Waals surface area contributed by atoms with Crippen molar-refractivity contribution in [2.24, 2.45) is 5.92 Å². The second-order valence-corrected chi connectivity index (χ2v) is 5.97. The Hall–Kier alpha value is -1.18. The summed E-state index contributed by atoms with van der Waals surface area (Å²) in [7, 11) is -3.77. The van der Waals surface area contributed by atoms with Crippen molar-refractivity contribution in [1.82, 2.24) is 9.71 Å². The van der Waals surface area contributed by atoms with Crippen LogP contribution in [0, 0.1) is 5.92 Å². The number of pyridine rings is 1. The number of hydrogen-bond donors (Lipinski definition) is 2. The van der Waals surface area contributed by atoms with E-state index in [1.807, 2.05) is 13.8 Å². The third kappa shape index (κ3) is 4.59. The number of aromatic amines is 1. The van der Waals surface area contributed by atoms with Gasteiger partial charge in [0.25, 0.3) is 0 Å². The van der Waals surface area contributed by atoms with E-state index in [-0.39, 0.29) is 18.0 Å². The van der Waals surface area contributed by atoms with Gasteiger partial charge in [0.1, 0.15) is 4.90 Å². The summed E-state index contributed by atoms with van der Waals surface area (Å²) in [6.07, 6.45) is 2.55. The molecule has 0 bridgehead atoms. The summed E-state index contributed by atoms with van der Waals surface area (Å²) in [5, 5.41) is 0. The molecule has 1 rings (SSSR count). The van der Waals surface area contributed by atoms with E-state index in [1.165, 1.54) is 18.5 Å². The van der Waals surface area contributed by atoms with Gasteiger partial charge in [0.05, 0.1) is 6.61 Å². The maximum atomic E-state index is 11.8. The highest BCUT2D eigenvalue weighted by atomic mass is 32.2. The van der Waals surface area contributed by atoms with Crippen LogP contribution in [0.2, 0.25) is 0 Å². The molecule has 7 heteroatoms. The summed E-state index contributed by atoms with van der Waals surface area (Å²) in [4.78, 5) is 13.7. The van der Waals surface area contributed by atoms with Gasteiger partial charge in [0.15, 0.2) is 0 Å². The quantitative estimate of drug-likeness (QED) is 0.701. The molecular weight excluding hydrogens is 256 g/mol. The zero-order chi connectivity index (χ0) is 13.6. The SMILES string of the molecule is CC(C)COCCNS(=O)(=O)c1c[nH]ccc1=O. The predicted octanol–water partition coefficient (Wildman–Crippen LogP) is 0.326. The number of ether oxygens (including phenoxy) is 1. The Labute approximate surface area is 106 Å². The highest BCUT2D eigenvalue weighted by Crippen LogP contribution is 1.99. The summed E-state index contributed by atoms with van der Waals surface area (Å²) in [6.45, 7) is 5.01. The second-order valence-electron chi connectivity index (χ2n) is 4.24. The lowest BCUT2D eigenvalue weighted by Gasteiger charge is -2.08. The van der Waals surface area contributed by atoms with Crippen LogP contribution in [0.4, 0.5) is 0 Å². The van der Waals surface area contributed by atoms with Crippen molar-refractivity contribution in [3.63, 3.8) is 0 Å². The Morgan fingerprint density at radius 1 is 1.44 bits per heavy atom. The summed E-state index contributed by atoms with van der Waals surface area (Å²) < 4.78 is 31.1. The van der Waals surface area contributed by atoms with Crippen molar-refractivity contribution in [2.75, 3.05) is 19.8 Å². The number of H-pyrrole nitrogens is 1. The normalized spacial score (nSPS) is 11.9. The first-order valence-corrected chi connectivity index (χ1v) is 7.16. The molecule has 0 saturated carbocycles. The van der Waals surface area contributed by atoms with Crippen molar-refractivity contribution in [3.05, 3.63) is 28.7 Å². The lowest BCUT2D eigenvalue weighted by molar-refractivity contribution is 0.114. The van der Waals surface area contributed by atoms with E-state index in [4.69, 9.17) is 4.74 Å². The maximum Gasteiger partial charge on any atom is 0.245 e. The van der Waals surface area contributed by atoms with Gasteiger partial charge in [-0.1, -0.05) is 13.8 Å². The summed E-state index contributed by atoms with van der Waals surface area (Å²) >= 11 is 0. The monoisotopic (exact) mass is 274 g/mol. The Morgan fingerprint density at radius 3 is 2.78 bits per heavy atom. The Morgan fingerprint density at radius 2 is 2.17 bits per heavy atom. The molecule has 0 aliphatic carbocycles. The van der Waals surface area contributed by atoms with E-state index in [9.17, 15) is 13.2 Å². The molecule has 0 atom stereocenters. The first kappa shape index (κ1) is 14.9. The van der Waals surface area contributed by atoms with Gasteiger partial charge in [-0.2, -0.15) is 0 Å². The van der Waals surface area contributed by atoms with Crippen molar-refractivity contribution in [1.29, 1.82) is 0 Å². The largest absolute Gasteiger partial charge is 0.380 e. The molecule has 0 aliphatic rings. The molecule has 1 aromatic rings. The zero-order valence-corrected chi connectivity index (χ0v) is 11.3. The Kier molecular flexibility index (Phi) is 5.52. The van der Waals surface area contributed by atoms with Crippen LogP contribution in [-0.2, 0) is 14.8 Å². The maximum absolute atomic E-state index is 11.8. The van der Waals surface area contributed by atoms with Crippen molar-refractivity contribution >= 4 is 10.0 Å². The number of sulfonamides is 1. The molecule has 0 amide bonds. The summed E-state index contributed by atoms with van der Waals surface area (Å²) in [5.41, 5.74) is -0.538.